The third-order valence-corrected chi connectivity index (χ3v) is 7.71. The first kappa shape index (κ1) is 19.3. The molecule has 8 heteroatoms. The maximum atomic E-state index is 13.0. The Morgan fingerprint density at radius 1 is 1.00 bits per heavy atom. The molecule has 0 saturated carbocycles. The smallest absolute Gasteiger partial charge is 0.267 e. The van der Waals surface area contributed by atoms with Crippen LogP contribution in [-0.2, 0) is 0 Å². The fraction of sp³-hybridized carbons (Fsp3) is 0. The number of nitrogens with zero attached hydrogens (tertiary/aromatic N) is 1. The van der Waals surface area contributed by atoms with Crippen molar-refractivity contribution in [1.29, 1.82) is 0 Å². The molecule has 0 saturated heterocycles. The number of pyridine rings is 1. The summed E-state index contributed by atoms with van der Waals surface area (Å²) in [6.45, 7) is 0. The van der Waals surface area contributed by atoms with E-state index in [4.69, 9.17) is 22.3 Å². The maximum absolute atomic E-state index is 13.0. The molecule has 4 heterocycles. The molecule has 0 aliphatic rings. The molecule has 4 aromatic heterocycles. The van der Waals surface area contributed by atoms with Crippen LogP contribution in [0, 0.1) is 0 Å². The summed E-state index contributed by atoms with van der Waals surface area (Å²) in [5.41, 5.74) is 9.48. The van der Waals surface area contributed by atoms with Gasteiger partial charge in [-0.15, -0.1) is 34.0 Å². The number of carbonyl (C=O) groups is 1. The third-order valence-electron chi connectivity index (χ3n) is 4.57. The fourth-order valence-corrected chi connectivity index (χ4v) is 5.76. The SMILES string of the molecule is Nc1c(C(=O)Nc2ccc(Cl)cc2)sc2nc(-c3cccs3)cc(-c3cccs3)c12. The van der Waals surface area contributed by atoms with Crippen LogP contribution in [0.5, 0.6) is 0 Å². The largest absolute Gasteiger partial charge is 0.397 e. The molecule has 148 valence electrons. The molecular weight excluding hydrogens is 454 g/mol. The van der Waals surface area contributed by atoms with Gasteiger partial charge in [0.25, 0.3) is 5.91 Å². The number of hydrogen-bond donors (Lipinski definition) is 2. The monoisotopic (exact) mass is 467 g/mol. The zero-order valence-corrected chi connectivity index (χ0v) is 18.6. The van der Waals surface area contributed by atoms with Gasteiger partial charge in [0.2, 0.25) is 0 Å². The number of thiophene rings is 3. The predicted octanol–water partition coefficient (Wildman–Crippen LogP) is 7.24. The Morgan fingerprint density at radius 2 is 1.70 bits per heavy atom. The molecule has 4 nitrogen and oxygen atoms in total. The minimum absolute atomic E-state index is 0.257. The molecule has 0 aliphatic heterocycles. The van der Waals surface area contributed by atoms with Gasteiger partial charge in [-0.25, -0.2) is 4.98 Å². The van der Waals surface area contributed by atoms with E-state index in [1.54, 1.807) is 46.9 Å². The van der Waals surface area contributed by atoms with Gasteiger partial charge in [0.1, 0.15) is 9.71 Å². The number of nitrogens with two attached hydrogens (primary N) is 1. The Balaban J connectivity index is 1.64. The van der Waals surface area contributed by atoms with E-state index in [2.05, 4.69) is 17.4 Å². The van der Waals surface area contributed by atoms with E-state index >= 15 is 0 Å². The second-order valence-electron chi connectivity index (χ2n) is 6.50. The molecule has 0 radical (unpaired) electrons. The van der Waals surface area contributed by atoms with Crippen molar-refractivity contribution >= 4 is 73.1 Å². The van der Waals surface area contributed by atoms with Gasteiger partial charge in [0.05, 0.1) is 16.3 Å². The van der Waals surface area contributed by atoms with Crippen molar-refractivity contribution in [2.75, 3.05) is 11.1 Å². The van der Waals surface area contributed by atoms with Crippen molar-refractivity contribution in [3.05, 3.63) is 75.3 Å². The van der Waals surface area contributed by atoms with Gasteiger partial charge < -0.3 is 11.1 Å². The van der Waals surface area contributed by atoms with Crippen LogP contribution >= 0.6 is 45.6 Å². The van der Waals surface area contributed by atoms with Crippen molar-refractivity contribution < 1.29 is 4.79 Å². The number of benzene rings is 1. The lowest BCUT2D eigenvalue weighted by atomic mass is 10.1. The Hall–Kier alpha value is -2.71. The summed E-state index contributed by atoms with van der Waals surface area (Å²) in [4.78, 5) is 21.2. The number of anilines is 2. The van der Waals surface area contributed by atoms with E-state index in [0.29, 0.717) is 21.3 Å². The second-order valence-corrected chi connectivity index (χ2v) is 9.83. The molecular formula is C22H14ClN3OS3. The number of hydrogen-bond acceptors (Lipinski definition) is 6. The summed E-state index contributed by atoms with van der Waals surface area (Å²) >= 11 is 10.5. The van der Waals surface area contributed by atoms with Crippen molar-refractivity contribution in [3.63, 3.8) is 0 Å². The van der Waals surface area contributed by atoms with Crippen LogP contribution in [0.4, 0.5) is 11.4 Å². The third kappa shape index (κ3) is 3.50. The van der Waals surface area contributed by atoms with E-state index in [0.717, 1.165) is 31.2 Å². The summed E-state index contributed by atoms with van der Waals surface area (Å²) in [5, 5.41) is 8.39. The van der Waals surface area contributed by atoms with Gasteiger partial charge in [0, 0.05) is 26.5 Å². The lowest BCUT2D eigenvalue weighted by Gasteiger charge is -2.06. The number of amides is 1. The molecule has 0 unspecified atom stereocenters. The number of halogens is 1. The number of fused-ring (bicyclic) bond motifs is 1. The minimum Gasteiger partial charge on any atom is -0.397 e. The van der Waals surface area contributed by atoms with Crippen molar-refractivity contribution in [3.8, 4) is 21.0 Å². The van der Waals surface area contributed by atoms with E-state index < -0.39 is 0 Å². The average Bonchev–Trinajstić information content (AvgIpc) is 3.51. The highest BCUT2D eigenvalue weighted by atomic mass is 35.5. The number of carbonyl (C=O) groups excluding carboxylic acids is 1. The highest BCUT2D eigenvalue weighted by Gasteiger charge is 2.22. The molecule has 5 rings (SSSR count). The lowest BCUT2D eigenvalue weighted by molar-refractivity contribution is 0.103. The molecule has 3 N–H and O–H groups in total. The number of rotatable bonds is 4. The normalized spacial score (nSPS) is 11.1. The summed E-state index contributed by atoms with van der Waals surface area (Å²) < 4.78 is 0. The Morgan fingerprint density at radius 3 is 2.37 bits per heavy atom. The zero-order chi connectivity index (χ0) is 20.7. The van der Waals surface area contributed by atoms with Crippen LogP contribution in [0.15, 0.2) is 65.4 Å². The zero-order valence-electron chi connectivity index (χ0n) is 15.4. The molecule has 30 heavy (non-hydrogen) atoms. The number of nitrogen functional groups attached to an aromatic ring is 1. The molecule has 1 amide bonds. The average molecular weight is 468 g/mol. The number of aromatic nitrogens is 1. The van der Waals surface area contributed by atoms with Crippen LogP contribution in [-0.4, -0.2) is 10.9 Å². The van der Waals surface area contributed by atoms with Crippen LogP contribution in [0.3, 0.4) is 0 Å². The van der Waals surface area contributed by atoms with Crippen LogP contribution < -0.4 is 11.1 Å². The van der Waals surface area contributed by atoms with E-state index in [1.165, 1.54) is 11.3 Å². The number of nitrogens with one attached hydrogen (secondary N) is 1. The van der Waals surface area contributed by atoms with Gasteiger partial charge in [-0.3, -0.25) is 4.79 Å². The first-order valence-corrected chi connectivity index (χ1v) is 11.9. The highest BCUT2D eigenvalue weighted by Crippen LogP contribution is 2.43. The van der Waals surface area contributed by atoms with E-state index in [-0.39, 0.29) is 5.91 Å². The van der Waals surface area contributed by atoms with Gasteiger partial charge in [-0.2, -0.15) is 0 Å². The molecule has 0 spiro atoms. The molecule has 0 atom stereocenters. The molecule has 0 bridgehead atoms. The first-order chi connectivity index (χ1) is 14.6. The van der Waals surface area contributed by atoms with Gasteiger partial charge in [-0.1, -0.05) is 23.7 Å². The van der Waals surface area contributed by atoms with Crippen molar-refractivity contribution in [2.24, 2.45) is 0 Å². The van der Waals surface area contributed by atoms with Gasteiger partial charge in [0.15, 0.2) is 0 Å². The van der Waals surface area contributed by atoms with Gasteiger partial charge in [-0.05, 0) is 53.2 Å². The van der Waals surface area contributed by atoms with Crippen LogP contribution in [0.2, 0.25) is 5.02 Å². The summed E-state index contributed by atoms with van der Waals surface area (Å²) in [5.74, 6) is -0.257. The highest BCUT2D eigenvalue weighted by molar-refractivity contribution is 7.21. The Bertz CT molecular complexity index is 1340. The van der Waals surface area contributed by atoms with Crippen LogP contribution in [0.25, 0.3) is 31.2 Å². The predicted molar refractivity (Wildman–Crippen MR) is 130 cm³/mol. The lowest BCUT2D eigenvalue weighted by Crippen LogP contribution is -2.11. The summed E-state index contributed by atoms with van der Waals surface area (Å²) in [6, 6.07) is 17.2. The summed E-state index contributed by atoms with van der Waals surface area (Å²) in [6.07, 6.45) is 0. The van der Waals surface area contributed by atoms with Crippen molar-refractivity contribution in [2.45, 2.75) is 0 Å². The Kier molecular flexibility index (Phi) is 5.04. The van der Waals surface area contributed by atoms with Gasteiger partial charge >= 0.3 is 0 Å². The molecule has 0 aliphatic carbocycles. The van der Waals surface area contributed by atoms with E-state index in [1.807, 2.05) is 29.0 Å². The standard InChI is InChI=1S/C22H14ClN3OS3/c23-12-5-7-13(8-6-12)25-21(27)20-19(24)18-14(16-3-1-9-28-16)11-15(26-22(18)30-20)17-4-2-10-29-17/h1-11H,24H2,(H,25,27). The van der Waals surface area contributed by atoms with Crippen molar-refractivity contribution in [1.82, 2.24) is 4.98 Å². The maximum Gasteiger partial charge on any atom is 0.267 e. The second kappa shape index (κ2) is 7.85. The molecule has 0 fully saturated rings. The van der Waals surface area contributed by atoms with E-state index in [9.17, 15) is 4.79 Å². The quantitative estimate of drug-likeness (QED) is 0.292. The first-order valence-electron chi connectivity index (χ1n) is 8.98. The Labute approximate surface area is 189 Å². The summed E-state index contributed by atoms with van der Waals surface area (Å²) in [7, 11) is 0. The van der Waals surface area contributed by atoms with Crippen LogP contribution in [0.1, 0.15) is 9.67 Å². The molecule has 1 aromatic carbocycles. The fourth-order valence-electron chi connectivity index (χ4n) is 3.19. The topological polar surface area (TPSA) is 68.0 Å². The minimum atomic E-state index is -0.257. The molecule has 5 aromatic rings.